The first-order valence-corrected chi connectivity index (χ1v) is 10.1. The summed E-state index contributed by atoms with van der Waals surface area (Å²) in [6.45, 7) is 2.34. The molecule has 0 aromatic heterocycles. The predicted molar refractivity (Wildman–Crippen MR) is 108 cm³/mol. The van der Waals surface area contributed by atoms with Crippen LogP contribution in [0.25, 0.3) is 0 Å². The third-order valence-electron chi connectivity index (χ3n) is 3.28. The molecule has 0 atom stereocenters. The number of sulfonamides is 1. The van der Waals surface area contributed by atoms with Gasteiger partial charge < -0.3 is 10.5 Å². The first-order valence-electron chi connectivity index (χ1n) is 7.85. The van der Waals surface area contributed by atoms with Crippen molar-refractivity contribution in [1.82, 2.24) is 0 Å². The molecule has 0 bridgehead atoms. The van der Waals surface area contributed by atoms with E-state index in [1.807, 2.05) is 6.92 Å². The molecular weight excluding hydrogens is 450 g/mol. The molecule has 0 fully saturated rings. The summed E-state index contributed by atoms with van der Waals surface area (Å²) < 4.78 is 33.5. The normalized spacial score (nSPS) is 11.4. The van der Waals surface area contributed by atoms with E-state index in [-0.39, 0.29) is 4.90 Å². The van der Waals surface area contributed by atoms with E-state index in [1.54, 1.807) is 24.3 Å². The van der Waals surface area contributed by atoms with Gasteiger partial charge in [0.1, 0.15) is 11.8 Å². The van der Waals surface area contributed by atoms with Crippen molar-refractivity contribution in [1.29, 1.82) is 5.26 Å². The Morgan fingerprint density at radius 3 is 2.43 bits per heavy atom. The van der Waals surface area contributed by atoms with Crippen molar-refractivity contribution < 1.29 is 17.9 Å². The number of hydrogen-bond donors (Lipinski definition) is 3. The fourth-order valence-electron chi connectivity index (χ4n) is 2.02. The van der Waals surface area contributed by atoms with E-state index in [2.05, 4.69) is 31.2 Å². The van der Waals surface area contributed by atoms with Crippen LogP contribution in [-0.2, 0) is 14.8 Å². The summed E-state index contributed by atoms with van der Waals surface area (Å²) in [7, 11) is -3.82. The second kappa shape index (κ2) is 9.20. The number of carbonyl (C=O) groups is 1. The van der Waals surface area contributed by atoms with Gasteiger partial charge in [0.05, 0.1) is 27.3 Å². The van der Waals surface area contributed by atoms with E-state index in [0.717, 1.165) is 0 Å². The molecule has 0 heterocycles. The van der Waals surface area contributed by atoms with Gasteiger partial charge >= 0.3 is 0 Å². The van der Waals surface area contributed by atoms with E-state index in [0.29, 0.717) is 28.2 Å². The van der Waals surface area contributed by atoms with Gasteiger partial charge in [-0.25, -0.2) is 8.42 Å². The molecule has 11 heteroatoms. The molecule has 2 aromatic rings. The van der Waals surface area contributed by atoms with Gasteiger partial charge in [0.2, 0.25) is 5.71 Å². The molecule has 0 aliphatic heterocycles. The number of halogens is 1. The second-order valence-electron chi connectivity index (χ2n) is 5.26. The molecule has 0 aliphatic carbocycles. The lowest BCUT2D eigenvalue weighted by atomic mass is 10.3. The summed E-state index contributed by atoms with van der Waals surface area (Å²) >= 11 is 3.33. The number of hydrogen-bond acceptors (Lipinski definition) is 7. The van der Waals surface area contributed by atoms with Crippen molar-refractivity contribution in [2.45, 2.75) is 11.8 Å². The lowest BCUT2D eigenvalue weighted by molar-refractivity contribution is -0.111. The van der Waals surface area contributed by atoms with Crippen LogP contribution in [-0.4, -0.2) is 26.6 Å². The molecule has 0 radical (unpaired) electrons. The minimum atomic E-state index is -3.82. The standard InChI is InChI=1S/C17H16BrN5O4S/c1-2-27-16-8-5-12(9-14(16)18)23-28(25,26)13-6-3-11(4-7-13)21-22-15(10-19)17(20)24/h3-9,21,23H,2H2,1H3,(H2,20,24)/b22-15+. The van der Waals surface area contributed by atoms with E-state index in [1.165, 1.54) is 24.3 Å². The number of hydrazone groups is 1. The highest BCUT2D eigenvalue weighted by atomic mass is 79.9. The molecule has 0 saturated heterocycles. The zero-order chi connectivity index (χ0) is 20.7. The fraction of sp³-hybridized carbons (Fsp3) is 0.118. The number of nitrogens with one attached hydrogen (secondary N) is 2. The minimum absolute atomic E-state index is 0.0162. The fourth-order valence-corrected chi connectivity index (χ4v) is 3.56. The van der Waals surface area contributed by atoms with Gasteiger partial charge in [-0.1, -0.05) is 0 Å². The Kier molecular flexibility index (Phi) is 6.97. The predicted octanol–water partition coefficient (Wildman–Crippen LogP) is 2.43. The van der Waals surface area contributed by atoms with Crippen LogP contribution < -0.4 is 20.6 Å². The lowest BCUT2D eigenvalue weighted by Gasteiger charge is -2.11. The number of carbonyl (C=O) groups excluding carboxylic acids is 1. The maximum atomic E-state index is 12.5. The molecule has 2 rings (SSSR count). The first kappa shape index (κ1) is 21.2. The number of amides is 1. The molecule has 0 saturated carbocycles. The van der Waals surface area contributed by atoms with E-state index in [9.17, 15) is 13.2 Å². The molecule has 0 aliphatic rings. The summed E-state index contributed by atoms with van der Waals surface area (Å²) in [5, 5.41) is 12.3. The molecule has 146 valence electrons. The van der Waals surface area contributed by atoms with Gasteiger partial charge in [0.25, 0.3) is 15.9 Å². The third-order valence-corrected chi connectivity index (χ3v) is 5.30. The second-order valence-corrected chi connectivity index (χ2v) is 7.79. The van der Waals surface area contributed by atoms with Crippen molar-refractivity contribution in [3.05, 3.63) is 46.9 Å². The number of rotatable bonds is 8. The highest BCUT2D eigenvalue weighted by Crippen LogP contribution is 2.29. The number of nitriles is 1. The van der Waals surface area contributed by atoms with Gasteiger partial charge in [-0.05, 0) is 65.3 Å². The number of anilines is 2. The molecule has 0 unspecified atom stereocenters. The Bertz CT molecular complexity index is 1050. The summed E-state index contributed by atoms with van der Waals surface area (Å²) in [5.74, 6) is -0.367. The minimum Gasteiger partial charge on any atom is -0.493 e. The van der Waals surface area contributed by atoms with Crippen LogP contribution in [0.3, 0.4) is 0 Å². The van der Waals surface area contributed by atoms with E-state index in [4.69, 9.17) is 15.7 Å². The molecule has 9 nitrogen and oxygen atoms in total. The van der Waals surface area contributed by atoms with Crippen LogP contribution in [0.5, 0.6) is 5.75 Å². The number of benzene rings is 2. The average molecular weight is 466 g/mol. The molecular formula is C17H16BrN5O4S. The first-order chi connectivity index (χ1) is 13.3. The summed E-state index contributed by atoms with van der Waals surface area (Å²) in [5.41, 5.74) is 7.67. The van der Waals surface area contributed by atoms with Crippen molar-refractivity contribution in [2.75, 3.05) is 16.8 Å². The quantitative estimate of drug-likeness (QED) is 0.402. The Balaban J connectivity index is 2.15. The Hall–Kier alpha value is -3.10. The zero-order valence-corrected chi connectivity index (χ0v) is 17.0. The Labute approximate surface area is 170 Å². The van der Waals surface area contributed by atoms with Gasteiger partial charge in [-0.3, -0.25) is 14.9 Å². The maximum Gasteiger partial charge on any atom is 0.280 e. The van der Waals surface area contributed by atoms with Crippen molar-refractivity contribution in [3.8, 4) is 11.8 Å². The molecule has 4 N–H and O–H groups in total. The highest BCUT2D eigenvalue weighted by Gasteiger charge is 2.15. The third kappa shape index (κ3) is 5.45. The van der Waals surface area contributed by atoms with Crippen molar-refractivity contribution >= 4 is 48.9 Å². The Morgan fingerprint density at radius 2 is 1.89 bits per heavy atom. The topological polar surface area (TPSA) is 147 Å². The van der Waals surface area contributed by atoms with Gasteiger partial charge in [-0.2, -0.15) is 10.4 Å². The van der Waals surface area contributed by atoms with Crippen molar-refractivity contribution in [2.24, 2.45) is 10.8 Å². The van der Waals surface area contributed by atoms with Crippen LogP contribution in [0, 0.1) is 11.3 Å². The monoisotopic (exact) mass is 465 g/mol. The summed E-state index contributed by atoms with van der Waals surface area (Å²) in [6, 6.07) is 11.9. The van der Waals surface area contributed by atoms with Crippen LogP contribution in [0.1, 0.15) is 6.92 Å². The van der Waals surface area contributed by atoms with Crippen molar-refractivity contribution in [3.63, 3.8) is 0 Å². The summed E-state index contributed by atoms with van der Waals surface area (Å²) in [6.07, 6.45) is 0. The number of nitrogens with two attached hydrogens (primary N) is 1. The largest absolute Gasteiger partial charge is 0.493 e. The Morgan fingerprint density at radius 1 is 1.25 bits per heavy atom. The van der Waals surface area contributed by atoms with Crippen LogP contribution in [0.2, 0.25) is 0 Å². The van der Waals surface area contributed by atoms with Crippen LogP contribution >= 0.6 is 15.9 Å². The zero-order valence-electron chi connectivity index (χ0n) is 14.6. The van der Waals surface area contributed by atoms with E-state index >= 15 is 0 Å². The van der Waals surface area contributed by atoms with Crippen LogP contribution in [0.15, 0.2) is 56.9 Å². The van der Waals surface area contributed by atoms with Gasteiger partial charge in [0, 0.05) is 0 Å². The van der Waals surface area contributed by atoms with Gasteiger partial charge in [-0.15, -0.1) is 0 Å². The van der Waals surface area contributed by atoms with Crippen LogP contribution in [0.4, 0.5) is 11.4 Å². The number of nitrogens with zero attached hydrogens (tertiary/aromatic N) is 2. The average Bonchev–Trinajstić information content (AvgIpc) is 2.64. The number of ether oxygens (including phenoxy) is 1. The smallest absolute Gasteiger partial charge is 0.280 e. The van der Waals surface area contributed by atoms with Gasteiger partial charge in [0.15, 0.2) is 0 Å². The maximum absolute atomic E-state index is 12.5. The molecule has 28 heavy (non-hydrogen) atoms. The van der Waals surface area contributed by atoms with E-state index < -0.39 is 21.6 Å². The molecule has 1 amide bonds. The summed E-state index contributed by atoms with van der Waals surface area (Å²) in [4.78, 5) is 10.9. The lowest BCUT2D eigenvalue weighted by Crippen LogP contribution is -2.22. The molecule has 0 spiro atoms. The molecule has 2 aromatic carbocycles. The highest BCUT2D eigenvalue weighted by molar-refractivity contribution is 9.10. The SMILES string of the molecule is CCOc1ccc(NS(=O)(=O)c2ccc(N/N=C(\C#N)C(N)=O)cc2)cc1Br. The number of primary amides is 1.